The molecule has 1 atom stereocenters. The molecule has 0 aromatic heterocycles. The first-order chi connectivity index (χ1) is 14.9. The maximum Gasteiger partial charge on any atom is 0.242 e. The van der Waals surface area contributed by atoms with Gasteiger partial charge in [0.05, 0.1) is 11.4 Å². The number of halogens is 1. The minimum atomic E-state index is -0.612. The third kappa shape index (κ3) is 6.15. The fraction of sp³-hybridized carbons (Fsp3) is 0.348. The van der Waals surface area contributed by atoms with Crippen molar-refractivity contribution in [2.24, 2.45) is 4.99 Å². The van der Waals surface area contributed by atoms with Crippen molar-refractivity contribution in [2.75, 3.05) is 25.6 Å². The minimum absolute atomic E-state index is 0.0650. The number of amides is 2. The van der Waals surface area contributed by atoms with E-state index in [4.69, 9.17) is 9.73 Å². The molecule has 8 heteroatoms. The molecule has 1 saturated heterocycles. The van der Waals surface area contributed by atoms with Crippen molar-refractivity contribution in [1.29, 1.82) is 0 Å². The van der Waals surface area contributed by atoms with E-state index in [0.717, 1.165) is 16.8 Å². The molecule has 0 unspecified atom stereocenters. The summed E-state index contributed by atoms with van der Waals surface area (Å²) in [4.78, 5) is 31.8. The smallest absolute Gasteiger partial charge is 0.242 e. The van der Waals surface area contributed by atoms with Crippen LogP contribution in [0.2, 0.25) is 0 Å². The predicted molar refractivity (Wildman–Crippen MR) is 122 cm³/mol. The number of carbonyl (C=O) groups is 2. The van der Waals surface area contributed by atoms with Crippen LogP contribution >= 0.6 is 11.8 Å². The van der Waals surface area contributed by atoms with Crippen LogP contribution in [0.4, 0.5) is 15.8 Å². The van der Waals surface area contributed by atoms with Gasteiger partial charge in [-0.15, -0.1) is 0 Å². The van der Waals surface area contributed by atoms with Crippen LogP contribution in [0.3, 0.4) is 0 Å². The summed E-state index contributed by atoms with van der Waals surface area (Å²) in [7, 11) is 1.61. The van der Waals surface area contributed by atoms with Crippen LogP contribution in [0.1, 0.15) is 24.0 Å². The molecule has 3 rings (SSSR count). The normalized spacial score (nSPS) is 17.4. The minimum Gasteiger partial charge on any atom is -0.385 e. The van der Waals surface area contributed by atoms with E-state index in [1.807, 2.05) is 26.0 Å². The third-order valence-corrected chi connectivity index (χ3v) is 5.88. The SMILES string of the molecule is COCCCN1C(=O)[C@@H](CC(=O)Nc2ccccc2F)SC1=Nc1cc(C)cc(C)c1. The quantitative estimate of drug-likeness (QED) is 0.613. The van der Waals surface area contributed by atoms with Gasteiger partial charge in [-0.05, 0) is 55.7 Å². The maximum atomic E-state index is 13.8. The molecular weight excluding hydrogens is 417 g/mol. The first kappa shape index (κ1) is 23.0. The van der Waals surface area contributed by atoms with Gasteiger partial charge in [-0.1, -0.05) is 30.0 Å². The van der Waals surface area contributed by atoms with Gasteiger partial charge in [-0.25, -0.2) is 9.38 Å². The number of thioether (sulfide) groups is 1. The molecule has 0 radical (unpaired) electrons. The Hall–Kier alpha value is -2.71. The molecule has 2 aromatic carbocycles. The van der Waals surface area contributed by atoms with Crippen molar-refractivity contribution >= 4 is 40.1 Å². The van der Waals surface area contributed by atoms with E-state index in [-0.39, 0.29) is 18.0 Å². The van der Waals surface area contributed by atoms with Crippen LogP contribution in [0.5, 0.6) is 0 Å². The number of nitrogens with zero attached hydrogens (tertiary/aromatic N) is 2. The van der Waals surface area contributed by atoms with Gasteiger partial charge in [0.15, 0.2) is 5.17 Å². The van der Waals surface area contributed by atoms with Crippen LogP contribution in [0.15, 0.2) is 47.5 Å². The molecule has 6 nitrogen and oxygen atoms in total. The van der Waals surface area contributed by atoms with Gasteiger partial charge in [-0.2, -0.15) is 0 Å². The van der Waals surface area contributed by atoms with Crippen molar-refractivity contribution in [2.45, 2.75) is 31.9 Å². The average Bonchev–Trinajstić information content (AvgIpc) is 2.98. The molecule has 0 spiro atoms. The van der Waals surface area contributed by atoms with E-state index in [1.54, 1.807) is 24.1 Å². The standard InChI is InChI=1S/C23H26FN3O3S/c1-15-11-16(2)13-17(12-15)25-23-27(9-6-10-30-3)22(29)20(31-23)14-21(28)26-19-8-5-4-7-18(19)24/h4-5,7-8,11-13,20H,6,9-10,14H2,1-3H3,(H,26,28)/t20-/m1/s1. The number of hydrogen-bond donors (Lipinski definition) is 1. The van der Waals surface area contributed by atoms with Crippen LogP contribution in [0.25, 0.3) is 0 Å². The third-order valence-electron chi connectivity index (χ3n) is 4.70. The molecule has 0 saturated carbocycles. The summed E-state index contributed by atoms with van der Waals surface area (Å²) in [6.45, 7) is 4.96. The first-order valence-electron chi connectivity index (χ1n) is 10.1. The van der Waals surface area contributed by atoms with E-state index < -0.39 is 17.0 Å². The van der Waals surface area contributed by atoms with Crippen molar-refractivity contribution in [1.82, 2.24) is 4.90 Å². The lowest BCUT2D eigenvalue weighted by Gasteiger charge is -2.16. The van der Waals surface area contributed by atoms with Gasteiger partial charge < -0.3 is 10.1 Å². The number of amidine groups is 1. The Kier molecular flexibility index (Phi) is 7.81. The summed E-state index contributed by atoms with van der Waals surface area (Å²) in [5.74, 6) is -1.10. The molecule has 31 heavy (non-hydrogen) atoms. The highest BCUT2D eigenvalue weighted by atomic mass is 32.2. The Balaban J connectivity index is 1.77. The monoisotopic (exact) mass is 443 g/mol. The van der Waals surface area contributed by atoms with Gasteiger partial charge in [0, 0.05) is 26.7 Å². The number of ether oxygens (including phenoxy) is 1. The van der Waals surface area contributed by atoms with Crippen LogP contribution in [-0.2, 0) is 14.3 Å². The highest BCUT2D eigenvalue weighted by Crippen LogP contribution is 2.32. The predicted octanol–water partition coefficient (Wildman–Crippen LogP) is 4.44. The highest BCUT2D eigenvalue weighted by Gasteiger charge is 2.39. The lowest BCUT2D eigenvalue weighted by Crippen LogP contribution is -2.34. The number of aliphatic imine (C=N–C) groups is 1. The highest BCUT2D eigenvalue weighted by molar-refractivity contribution is 8.15. The van der Waals surface area contributed by atoms with E-state index in [0.29, 0.717) is 24.7 Å². The number of nitrogens with one attached hydrogen (secondary N) is 1. The molecule has 2 aromatic rings. The summed E-state index contributed by atoms with van der Waals surface area (Å²) in [6.07, 6.45) is 0.591. The van der Waals surface area contributed by atoms with Crippen LogP contribution in [0, 0.1) is 19.7 Å². The number of rotatable bonds is 8. The van der Waals surface area contributed by atoms with Crippen LogP contribution in [-0.4, -0.2) is 47.4 Å². The molecule has 1 aliphatic rings. The van der Waals surface area contributed by atoms with Crippen molar-refractivity contribution in [3.05, 3.63) is 59.4 Å². The second-order valence-corrected chi connectivity index (χ2v) is 8.59. The van der Waals surface area contributed by atoms with Gasteiger partial charge in [0.2, 0.25) is 11.8 Å². The number of carbonyl (C=O) groups excluding carboxylic acids is 2. The number of para-hydroxylation sites is 1. The summed E-state index contributed by atoms with van der Waals surface area (Å²) >= 11 is 1.27. The summed E-state index contributed by atoms with van der Waals surface area (Å²) in [6, 6.07) is 11.9. The molecular formula is C23H26FN3O3S. The van der Waals surface area contributed by atoms with Crippen molar-refractivity contribution < 1.29 is 18.7 Å². The second kappa shape index (κ2) is 10.5. The molecule has 164 valence electrons. The molecule has 1 fully saturated rings. The Morgan fingerprint density at radius 2 is 1.94 bits per heavy atom. The summed E-state index contributed by atoms with van der Waals surface area (Å²) in [5, 5.41) is 2.50. The topological polar surface area (TPSA) is 71.0 Å². The zero-order valence-corrected chi connectivity index (χ0v) is 18.7. The number of benzene rings is 2. The second-order valence-electron chi connectivity index (χ2n) is 7.42. The molecule has 0 aliphatic carbocycles. The Bertz CT molecular complexity index is 976. The Morgan fingerprint density at radius 1 is 1.23 bits per heavy atom. The van der Waals surface area contributed by atoms with Crippen LogP contribution < -0.4 is 5.32 Å². The van der Waals surface area contributed by atoms with Gasteiger partial charge >= 0.3 is 0 Å². The summed E-state index contributed by atoms with van der Waals surface area (Å²) < 4.78 is 18.9. The zero-order valence-electron chi connectivity index (χ0n) is 17.9. The van der Waals surface area contributed by atoms with Crippen molar-refractivity contribution in [3.63, 3.8) is 0 Å². The first-order valence-corrected chi connectivity index (χ1v) is 10.9. The largest absolute Gasteiger partial charge is 0.385 e. The summed E-state index contributed by atoms with van der Waals surface area (Å²) in [5.41, 5.74) is 3.03. The molecule has 0 bridgehead atoms. The van der Waals surface area contributed by atoms with Gasteiger partial charge in [-0.3, -0.25) is 14.5 Å². The molecule has 1 heterocycles. The van der Waals surface area contributed by atoms with E-state index in [9.17, 15) is 14.0 Å². The number of hydrogen-bond acceptors (Lipinski definition) is 5. The Morgan fingerprint density at radius 3 is 2.61 bits per heavy atom. The number of anilines is 1. The maximum absolute atomic E-state index is 13.8. The number of methoxy groups -OCH3 is 1. The zero-order chi connectivity index (χ0) is 22.4. The van der Waals surface area contributed by atoms with Gasteiger partial charge in [0.1, 0.15) is 11.1 Å². The Labute approximate surface area is 185 Å². The lowest BCUT2D eigenvalue weighted by molar-refractivity contribution is -0.128. The molecule has 1 aliphatic heterocycles. The molecule has 1 N–H and O–H groups in total. The lowest BCUT2D eigenvalue weighted by atomic mass is 10.1. The fourth-order valence-corrected chi connectivity index (χ4v) is 4.54. The van der Waals surface area contributed by atoms with Crippen molar-refractivity contribution in [3.8, 4) is 0 Å². The number of aryl methyl sites for hydroxylation is 2. The fourth-order valence-electron chi connectivity index (χ4n) is 3.36. The van der Waals surface area contributed by atoms with E-state index in [1.165, 1.54) is 23.9 Å². The average molecular weight is 444 g/mol. The van der Waals surface area contributed by atoms with Gasteiger partial charge in [0.25, 0.3) is 0 Å². The molecule has 2 amide bonds. The van der Waals surface area contributed by atoms with E-state index >= 15 is 0 Å². The van der Waals surface area contributed by atoms with E-state index in [2.05, 4.69) is 11.4 Å².